The second-order valence-electron chi connectivity index (χ2n) is 7.74. The molecule has 0 saturated heterocycles. The van der Waals surface area contributed by atoms with Crippen LogP contribution in [0.15, 0.2) is 30.3 Å². The molecule has 2 aromatic rings. The number of aliphatic carboxylic acids is 1. The van der Waals surface area contributed by atoms with Crippen molar-refractivity contribution in [1.29, 1.82) is 0 Å². The Morgan fingerprint density at radius 1 is 1.23 bits per heavy atom. The van der Waals surface area contributed by atoms with E-state index < -0.39 is 11.8 Å². The Hall–Kier alpha value is -2.53. The Kier molecular flexibility index (Phi) is 3.16. The number of carboxylic acids is 1. The molecule has 1 N–H and O–H groups in total. The highest BCUT2D eigenvalue weighted by molar-refractivity contribution is 5.83. The standard InChI is InChI=1S/C21H21NO4/c1-21(2)25-16-7-6-13-10-15-18-12(8-9-22(15)11-17(23)24)4-3-5-14(18)19(13)20(16)26-21/h3-7,15H,8-11H2,1-2H3,(H,23,24)/t15-/m1/s1. The van der Waals surface area contributed by atoms with Crippen LogP contribution in [0.3, 0.4) is 0 Å². The Morgan fingerprint density at radius 2 is 2.08 bits per heavy atom. The van der Waals surface area contributed by atoms with E-state index in [-0.39, 0.29) is 12.6 Å². The van der Waals surface area contributed by atoms with Gasteiger partial charge in [0.1, 0.15) is 0 Å². The topological polar surface area (TPSA) is 59.0 Å². The van der Waals surface area contributed by atoms with E-state index in [4.69, 9.17) is 9.47 Å². The number of fused-ring (bicyclic) bond motifs is 4. The number of ether oxygens (including phenoxy) is 2. The molecule has 3 aliphatic rings. The molecule has 2 heterocycles. The number of benzene rings is 2. The minimum atomic E-state index is -0.774. The van der Waals surface area contributed by atoms with Gasteiger partial charge in [-0.2, -0.15) is 0 Å². The minimum absolute atomic E-state index is 0.0748. The number of hydrogen-bond acceptors (Lipinski definition) is 4. The fourth-order valence-corrected chi connectivity index (χ4v) is 4.63. The summed E-state index contributed by atoms with van der Waals surface area (Å²) in [5.41, 5.74) is 6.03. The molecule has 1 atom stereocenters. The summed E-state index contributed by atoms with van der Waals surface area (Å²) < 4.78 is 12.1. The molecule has 0 aromatic heterocycles. The molecular weight excluding hydrogens is 330 g/mol. The molecule has 134 valence electrons. The summed E-state index contributed by atoms with van der Waals surface area (Å²) in [7, 11) is 0. The predicted octanol–water partition coefficient (Wildman–Crippen LogP) is 3.40. The van der Waals surface area contributed by atoms with Gasteiger partial charge in [-0.05, 0) is 41.2 Å². The smallest absolute Gasteiger partial charge is 0.317 e. The molecule has 5 heteroatoms. The van der Waals surface area contributed by atoms with Gasteiger partial charge < -0.3 is 14.6 Å². The van der Waals surface area contributed by atoms with E-state index in [2.05, 4.69) is 29.2 Å². The van der Waals surface area contributed by atoms with Gasteiger partial charge in [-0.15, -0.1) is 0 Å². The van der Waals surface area contributed by atoms with Gasteiger partial charge in [-0.25, -0.2) is 0 Å². The van der Waals surface area contributed by atoms with Crippen LogP contribution in [0.25, 0.3) is 11.1 Å². The van der Waals surface area contributed by atoms with Gasteiger partial charge in [-0.3, -0.25) is 9.69 Å². The van der Waals surface area contributed by atoms with E-state index in [1.165, 1.54) is 16.7 Å². The number of hydrogen-bond donors (Lipinski definition) is 1. The van der Waals surface area contributed by atoms with E-state index in [1.54, 1.807) is 0 Å². The Labute approximate surface area is 152 Å². The first-order chi connectivity index (χ1) is 12.4. The molecule has 0 amide bonds. The number of nitrogens with zero attached hydrogens (tertiary/aromatic N) is 1. The fraction of sp³-hybridized carbons (Fsp3) is 0.381. The molecule has 5 nitrogen and oxygen atoms in total. The Bertz CT molecular complexity index is 934. The molecule has 2 aromatic carbocycles. The third kappa shape index (κ3) is 2.23. The molecule has 0 saturated carbocycles. The van der Waals surface area contributed by atoms with Crippen molar-refractivity contribution in [2.45, 2.75) is 38.5 Å². The molecule has 1 aliphatic carbocycles. The maximum absolute atomic E-state index is 11.3. The second kappa shape index (κ2) is 5.24. The molecule has 26 heavy (non-hydrogen) atoms. The summed E-state index contributed by atoms with van der Waals surface area (Å²) in [6.07, 6.45) is 1.67. The van der Waals surface area contributed by atoms with Crippen LogP contribution in [-0.2, 0) is 17.6 Å². The highest BCUT2D eigenvalue weighted by Crippen LogP contribution is 2.53. The van der Waals surface area contributed by atoms with Gasteiger partial charge >= 0.3 is 5.97 Å². The van der Waals surface area contributed by atoms with Crippen molar-refractivity contribution in [3.05, 3.63) is 47.0 Å². The average Bonchev–Trinajstić information content (AvgIpc) is 2.90. The zero-order valence-electron chi connectivity index (χ0n) is 14.9. The maximum atomic E-state index is 11.3. The third-order valence-corrected chi connectivity index (χ3v) is 5.57. The van der Waals surface area contributed by atoms with Crippen LogP contribution in [0.2, 0.25) is 0 Å². The first-order valence-electron chi connectivity index (χ1n) is 9.05. The van der Waals surface area contributed by atoms with Crippen LogP contribution >= 0.6 is 0 Å². The quantitative estimate of drug-likeness (QED) is 0.899. The lowest BCUT2D eigenvalue weighted by molar-refractivity contribution is -0.139. The Morgan fingerprint density at radius 3 is 2.88 bits per heavy atom. The summed E-state index contributed by atoms with van der Waals surface area (Å²) in [5, 5.41) is 9.32. The van der Waals surface area contributed by atoms with Crippen molar-refractivity contribution < 1.29 is 19.4 Å². The van der Waals surface area contributed by atoms with E-state index in [9.17, 15) is 9.90 Å². The molecular formula is C21H21NO4. The molecule has 0 spiro atoms. The van der Waals surface area contributed by atoms with E-state index in [1.807, 2.05) is 19.9 Å². The zero-order valence-corrected chi connectivity index (χ0v) is 14.9. The summed E-state index contributed by atoms with van der Waals surface area (Å²) in [6.45, 7) is 4.69. The van der Waals surface area contributed by atoms with Crippen LogP contribution < -0.4 is 9.47 Å². The largest absolute Gasteiger partial charge is 0.480 e. The van der Waals surface area contributed by atoms with Crippen molar-refractivity contribution in [1.82, 2.24) is 4.90 Å². The number of rotatable bonds is 2. The monoisotopic (exact) mass is 351 g/mol. The van der Waals surface area contributed by atoms with Crippen LogP contribution in [0.1, 0.15) is 36.6 Å². The molecule has 0 fully saturated rings. The molecule has 0 bridgehead atoms. The normalized spacial score (nSPS) is 21.8. The first-order valence-corrected chi connectivity index (χ1v) is 9.05. The summed E-state index contributed by atoms with van der Waals surface area (Å²) in [4.78, 5) is 13.4. The highest BCUT2D eigenvalue weighted by Gasteiger charge is 2.40. The molecule has 5 rings (SSSR count). The third-order valence-electron chi connectivity index (χ3n) is 5.57. The molecule has 0 radical (unpaired) electrons. The lowest BCUT2D eigenvalue weighted by Gasteiger charge is -2.41. The lowest BCUT2D eigenvalue weighted by atomic mass is 9.76. The van der Waals surface area contributed by atoms with Crippen molar-refractivity contribution in [2.24, 2.45) is 0 Å². The molecule has 0 unspecified atom stereocenters. The van der Waals surface area contributed by atoms with E-state index in [0.29, 0.717) is 0 Å². The SMILES string of the molecule is CC1(C)Oc2ccc3c(c2O1)-c1cccc2c1[C@@H](C3)N(CC(=O)O)CC2. The second-order valence-corrected chi connectivity index (χ2v) is 7.74. The summed E-state index contributed by atoms with van der Waals surface area (Å²) in [6, 6.07) is 10.6. The van der Waals surface area contributed by atoms with Gasteiger partial charge in [0.05, 0.1) is 6.54 Å². The van der Waals surface area contributed by atoms with Crippen molar-refractivity contribution in [3.8, 4) is 22.6 Å². The van der Waals surface area contributed by atoms with Crippen LogP contribution in [0.5, 0.6) is 11.5 Å². The first kappa shape index (κ1) is 15.7. The number of carbonyl (C=O) groups is 1. The highest BCUT2D eigenvalue weighted by atomic mass is 16.7. The zero-order chi connectivity index (χ0) is 18.1. The van der Waals surface area contributed by atoms with Gasteiger partial charge in [0, 0.05) is 32.0 Å². The Balaban J connectivity index is 1.69. The van der Waals surface area contributed by atoms with Gasteiger partial charge in [-0.1, -0.05) is 24.3 Å². The summed E-state index contributed by atoms with van der Waals surface area (Å²) in [5.74, 6) is 0.153. The van der Waals surface area contributed by atoms with Crippen molar-refractivity contribution in [2.75, 3.05) is 13.1 Å². The van der Waals surface area contributed by atoms with Crippen LogP contribution in [0, 0.1) is 0 Å². The van der Waals surface area contributed by atoms with Crippen LogP contribution in [-0.4, -0.2) is 34.9 Å². The van der Waals surface area contributed by atoms with Crippen molar-refractivity contribution in [3.63, 3.8) is 0 Å². The maximum Gasteiger partial charge on any atom is 0.317 e. The number of carboxylic acid groups (broad SMARTS) is 1. The van der Waals surface area contributed by atoms with Gasteiger partial charge in [0.2, 0.25) is 5.79 Å². The predicted molar refractivity (Wildman–Crippen MR) is 96.6 cm³/mol. The van der Waals surface area contributed by atoms with Crippen molar-refractivity contribution >= 4 is 5.97 Å². The lowest BCUT2D eigenvalue weighted by Crippen LogP contribution is -2.41. The average molecular weight is 351 g/mol. The van der Waals surface area contributed by atoms with Gasteiger partial charge in [0.15, 0.2) is 11.5 Å². The fourth-order valence-electron chi connectivity index (χ4n) is 4.63. The minimum Gasteiger partial charge on any atom is -0.480 e. The van der Waals surface area contributed by atoms with Crippen LogP contribution in [0.4, 0.5) is 0 Å². The van der Waals surface area contributed by atoms with Gasteiger partial charge in [0.25, 0.3) is 0 Å². The van der Waals surface area contributed by atoms with E-state index >= 15 is 0 Å². The molecule has 2 aliphatic heterocycles. The van der Waals surface area contributed by atoms with E-state index in [0.717, 1.165) is 42.0 Å². The summed E-state index contributed by atoms with van der Waals surface area (Å²) >= 11 is 0.